The second-order valence-electron chi connectivity index (χ2n) is 3.86. The number of thioether (sulfide) groups is 1. The van der Waals surface area contributed by atoms with Gasteiger partial charge in [-0.2, -0.15) is 11.8 Å². The zero-order chi connectivity index (χ0) is 15.4. The van der Waals surface area contributed by atoms with E-state index in [4.69, 9.17) is 9.47 Å². The topological polar surface area (TPSA) is 81.7 Å². The molecule has 0 heterocycles. The summed E-state index contributed by atoms with van der Waals surface area (Å²) in [5, 5.41) is 2.39. The molecule has 0 saturated carbocycles. The van der Waals surface area contributed by atoms with Gasteiger partial charge in [-0.3, -0.25) is 9.59 Å². The number of hydrogen-bond acceptors (Lipinski definition) is 6. The lowest BCUT2D eigenvalue weighted by Crippen LogP contribution is -2.31. The molecule has 0 aromatic carbocycles. The monoisotopic (exact) mass is 303 g/mol. The fourth-order valence-corrected chi connectivity index (χ4v) is 1.52. The number of amides is 1. The first-order valence-electron chi connectivity index (χ1n) is 6.30. The Kier molecular flexibility index (Phi) is 10.5. The standard InChI is InChI=1S/C13H21NO5S/c1-4-20-8-7-18-12(16)9-14-11(15)5-6-19-13(17)10(2)3/h2,4-9H2,1,3H3,(H,14,15). The zero-order valence-corrected chi connectivity index (χ0v) is 12.7. The van der Waals surface area contributed by atoms with Gasteiger partial charge in [0.2, 0.25) is 5.91 Å². The third-order valence-corrected chi connectivity index (χ3v) is 2.90. The average Bonchev–Trinajstić information content (AvgIpc) is 2.41. The van der Waals surface area contributed by atoms with Crippen molar-refractivity contribution in [2.75, 3.05) is 31.3 Å². The minimum atomic E-state index is -0.536. The molecule has 0 rings (SSSR count). The number of ether oxygens (including phenoxy) is 2. The Balaban J connectivity index is 3.59. The molecule has 114 valence electrons. The number of nitrogens with one attached hydrogen (secondary N) is 1. The van der Waals surface area contributed by atoms with E-state index in [9.17, 15) is 14.4 Å². The summed E-state index contributed by atoms with van der Waals surface area (Å²) >= 11 is 1.67. The molecule has 1 amide bonds. The summed E-state index contributed by atoms with van der Waals surface area (Å²) in [6.45, 7) is 7.08. The molecule has 0 radical (unpaired) electrons. The molecule has 20 heavy (non-hydrogen) atoms. The second kappa shape index (κ2) is 11.3. The molecule has 0 saturated heterocycles. The molecule has 0 aromatic heterocycles. The Hall–Kier alpha value is -1.50. The van der Waals surface area contributed by atoms with E-state index < -0.39 is 11.9 Å². The maximum atomic E-state index is 11.3. The Morgan fingerprint density at radius 1 is 1.20 bits per heavy atom. The zero-order valence-electron chi connectivity index (χ0n) is 11.9. The van der Waals surface area contributed by atoms with Crippen LogP contribution in [0.15, 0.2) is 12.2 Å². The largest absolute Gasteiger partial charge is 0.463 e. The molecule has 0 aliphatic carbocycles. The van der Waals surface area contributed by atoms with Crippen molar-refractivity contribution >= 4 is 29.6 Å². The number of esters is 2. The molecule has 1 N–H and O–H groups in total. The molecule has 0 spiro atoms. The van der Waals surface area contributed by atoms with Gasteiger partial charge in [-0.1, -0.05) is 13.5 Å². The Morgan fingerprint density at radius 2 is 1.90 bits per heavy atom. The van der Waals surface area contributed by atoms with E-state index in [1.807, 2.05) is 6.92 Å². The molecule has 0 atom stereocenters. The van der Waals surface area contributed by atoms with Crippen LogP contribution in [0.25, 0.3) is 0 Å². The van der Waals surface area contributed by atoms with Crippen molar-refractivity contribution in [3.63, 3.8) is 0 Å². The van der Waals surface area contributed by atoms with Crippen LogP contribution in [-0.2, 0) is 23.9 Å². The molecule has 0 unspecified atom stereocenters. The van der Waals surface area contributed by atoms with E-state index in [2.05, 4.69) is 11.9 Å². The highest BCUT2D eigenvalue weighted by atomic mass is 32.2. The fraction of sp³-hybridized carbons (Fsp3) is 0.615. The van der Waals surface area contributed by atoms with Crippen molar-refractivity contribution in [3.8, 4) is 0 Å². The van der Waals surface area contributed by atoms with Gasteiger partial charge >= 0.3 is 11.9 Å². The Labute approximate surface area is 123 Å². The van der Waals surface area contributed by atoms with Gasteiger partial charge in [-0.25, -0.2) is 4.79 Å². The maximum Gasteiger partial charge on any atom is 0.333 e. The van der Waals surface area contributed by atoms with Crippen LogP contribution in [0.3, 0.4) is 0 Å². The Bertz CT molecular complexity index is 357. The van der Waals surface area contributed by atoms with E-state index in [0.29, 0.717) is 6.61 Å². The molecule has 0 aromatic rings. The lowest BCUT2D eigenvalue weighted by molar-refractivity contribution is -0.144. The van der Waals surface area contributed by atoms with Crippen LogP contribution in [0.1, 0.15) is 20.3 Å². The molecule has 0 bridgehead atoms. The van der Waals surface area contributed by atoms with Crippen molar-refractivity contribution in [1.29, 1.82) is 0 Å². The van der Waals surface area contributed by atoms with Gasteiger partial charge in [0.15, 0.2) is 0 Å². The minimum absolute atomic E-state index is 0.00200. The summed E-state index contributed by atoms with van der Waals surface area (Å²) < 4.78 is 9.65. The van der Waals surface area contributed by atoms with Gasteiger partial charge in [0.1, 0.15) is 19.8 Å². The van der Waals surface area contributed by atoms with E-state index in [0.717, 1.165) is 11.5 Å². The maximum absolute atomic E-state index is 11.3. The highest BCUT2D eigenvalue weighted by Crippen LogP contribution is 1.97. The van der Waals surface area contributed by atoms with Crippen LogP contribution in [0.4, 0.5) is 0 Å². The minimum Gasteiger partial charge on any atom is -0.463 e. The third kappa shape index (κ3) is 10.4. The van der Waals surface area contributed by atoms with E-state index in [1.165, 1.54) is 6.92 Å². The molecule has 6 nitrogen and oxygen atoms in total. The van der Waals surface area contributed by atoms with Gasteiger partial charge in [0, 0.05) is 11.3 Å². The van der Waals surface area contributed by atoms with Crippen molar-refractivity contribution in [2.45, 2.75) is 20.3 Å². The highest BCUT2D eigenvalue weighted by molar-refractivity contribution is 7.99. The summed E-state index contributed by atoms with van der Waals surface area (Å²) in [5.41, 5.74) is 0.277. The second-order valence-corrected chi connectivity index (χ2v) is 5.25. The highest BCUT2D eigenvalue weighted by Gasteiger charge is 2.08. The van der Waals surface area contributed by atoms with Crippen LogP contribution >= 0.6 is 11.8 Å². The van der Waals surface area contributed by atoms with Crippen LogP contribution in [0.5, 0.6) is 0 Å². The number of carbonyl (C=O) groups is 3. The molecular weight excluding hydrogens is 282 g/mol. The third-order valence-electron chi connectivity index (χ3n) is 2.04. The van der Waals surface area contributed by atoms with E-state index in [1.54, 1.807) is 11.8 Å². The molecular formula is C13H21NO5S. The van der Waals surface area contributed by atoms with E-state index >= 15 is 0 Å². The van der Waals surface area contributed by atoms with Crippen LogP contribution in [-0.4, -0.2) is 49.1 Å². The van der Waals surface area contributed by atoms with E-state index in [-0.39, 0.29) is 31.1 Å². The first kappa shape index (κ1) is 18.5. The van der Waals surface area contributed by atoms with Gasteiger partial charge in [-0.05, 0) is 12.7 Å². The van der Waals surface area contributed by atoms with Crippen molar-refractivity contribution in [3.05, 3.63) is 12.2 Å². The first-order valence-corrected chi connectivity index (χ1v) is 7.45. The van der Waals surface area contributed by atoms with Crippen molar-refractivity contribution in [2.24, 2.45) is 0 Å². The lowest BCUT2D eigenvalue weighted by Gasteiger charge is -2.07. The van der Waals surface area contributed by atoms with Gasteiger partial charge in [0.25, 0.3) is 0 Å². The molecule has 0 aliphatic heterocycles. The van der Waals surface area contributed by atoms with Gasteiger partial charge < -0.3 is 14.8 Å². The number of carbonyl (C=O) groups excluding carboxylic acids is 3. The first-order chi connectivity index (χ1) is 9.47. The molecule has 0 fully saturated rings. The van der Waals surface area contributed by atoms with Crippen molar-refractivity contribution < 1.29 is 23.9 Å². The molecule has 7 heteroatoms. The molecule has 0 aliphatic rings. The normalized spacial score (nSPS) is 9.70. The van der Waals surface area contributed by atoms with Gasteiger partial charge in [-0.15, -0.1) is 0 Å². The van der Waals surface area contributed by atoms with Crippen LogP contribution < -0.4 is 5.32 Å². The summed E-state index contributed by atoms with van der Waals surface area (Å²) in [7, 11) is 0. The predicted octanol–water partition coefficient (Wildman–Crippen LogP) is 0.908. The van der Waals surface area contributed by atoms with Crippen LogP contribution in [0, 0.1) is 0 Å². The van der Waals surface area contributed by atoms with Gasteiger partial charge in [0.05, 0.1) is 6.42 Å². The fourth-order valence-electron chi connectivity index (χ4n) is 1.03. The number of hydrogen-bond donors (Lipinski definition) is 1. The summed E-state index contributed by atoms with van der Waals surface area (Å²) in [5.74, 6) is 0.323. The summed E-state index contributed by atoms with van der Waals surface area (Å²) in [6.07, 6.45) is -0.00200. The lowest BCUT2D eigenvalue weighted by atomic mass is 10.3. The van der Waals surface area contributed by atoms with Crippen molar-refractivity contribution in [1.82, 2.24) is 5.32 Å². The summed E-state index contributed by atoms with van der Waals surface area (Å²) in [6, 6.07) is 0. The number of rotatable bonds is 10. The average molecular weight is 303 g/mol. The smallest absolute Gasteiger partial charge is 0.333 e. The predicted molar refractivity (Wildman–Crippen MR) is 77.4 cm³/mol. The quantitative estimate of drug-likeness (QED) is 0.367. The SMILES string of the molecule is C=C(C)C(=O)OCCC(=O)NCC(=O)OCCSCC. The summed E-state index contributed by atoms with van der Waals surface area (Å²) in [4.78, 5) is 33.6. The van der Waals surface area contributed by atoms with Crippen LogP contribution in [0.2, 0.25) is 0 Å². The Morgan fingerprint density at radius 3 is 2.50 bits per heavy atom.